The van der Waals surface area contributed by atoms with Crippen molar-refractivity contribution < 1.29 is 9.53 Å². The molecule has 0 bridgehead atoms. The third kappa shape index (κ3) is 3.94. The van der Waals surface area contributed by atoms with E-state index < -0.39 is 0 Å². The average molecular weight is 380 g/mol. The van der Waals surface area contributed by atoms with E-state index in [0.29, 0.717) is 29.5 Å². The second-order valence-corrected chi connectivity index (χ2v) is 8.19. The van der Waals surface area contributed by atoms with Crippen LogP contribution < -0.4 is 15.0 Å². The Morgan fingerprint density at radius 3 is 2.73 bits per heavy atom. The van der Waals surface area contributed by atoms with Crippen molar-refractivity contribution in [1.82, 2.24) is 10.2 Å². The van der Waals surface area contributed by atoms with Crippen LogP contribution in [0.1, 0.15) is 48.9 Å². The van der Waals surface area contributed by atoms with E-state index in [1.165, 1.54) is 32.1 Å². The van der Waals surface area contributed by atoms with E-state index in [-0.39, 0.29) is 11.4 Å². The van der Waals surface area contributed by atoms with Gasteiger partial charge in [0.1, 0.15) is 6.61 Å². The van der Waals surface area contributed by atoms with Crippen molar-refractivity contribution in [2.24, 2.45) is 0 Å². The van der Waals surface area contributed by atoms with Crippen LogP contribution in [-0.4, -0.2) is 57.2 Å². The van der Waals surface area contributed by atoms with Gasteiger partial charge < -0.3 is 19.9 Å². The number of rotatable bonds is 5. The van der Waals surface area contributed by atoms with E-state index in [0.717, 1.165) is 18.7 Å². The first-order valence-corrected chi connectivity index (χ1v) is 9.94. The number of carbonyl (C=O) groups is 1. The highest BCUT2D eigenvalue weighted by Gasteiger charge is 2.34. The van der Waals surface area contributed by atoms with Gasteiger partial charge in [0.05, 0.1) is 17.8 Å². The number of hydrogen-bond acceptors (Lipinski definition) is 4. The zero-order chi connectivity index (χ0) is 18.7. The minimum Gasteiger partial charge on any atom is -0.489 e. The molecule has 1 N–H and O–H groups in total. The molecule has 1 aromatic carbocycles. The maximum atomic E-state index is 12.8. The van der Waals surface area contributed by atoms with Crippen LogP contribution in [-0.2, 0) is 0 Å². The number of amides is 1. The number of ether oxygens (including phenoxy) is 1. The zero-order valence-corrected chi connectivity index (χ0v) is 16.9. The molecule has 1 fully saturated rings. The summed E-state index contributed by atoms with van der Waals surface area (Å²) >= 11 is 6.24. The largest absolute Gasteiger partial charge is 0.489 e. The predicted molar refractivity (Wildman–Crippen MR) is 107 cm³/mol. The molecule has 1 heterocycles. The van der Waals surface area contributed by atoms with Gasteiger partial charge in [-0.05, 0) is 45.5 Å². The minimum absolute atomic E-state index is 0.108. The summed E-state index contributed by atoms with van der Waals surface area (Å²) in [6, 6.07) is 3.56. The SMILES string of the molecule is CN1CCOc2c(C(=O)NCCC3(N(C)C)CCCCC3)cc(Cl)cc21. The molecule has 0 saturated heterocycles. The van der Waals surface area contributed by atoms with Gasteiger partial charge in [-0.3, -0.25) is 4.79 Å². The second kappa shape index (κ2) is 8.05. The third-order valence-electron chi connectivity index (χ3n) is 5.97. The number of halogens is 1. The molecular formula is C20H30ClN3O2. The maximum Gasteiger partial charge on any atom is 0.255 e. The monoisotopic (exact) mass is 379 g/mol. The summed E-state index contributed by atoms with van der Waals surface area (Å²) in [4.78, 5) is 17.2. The summed E-state index contributed by atoms with van der Waals surface area (Å²) in [5.41, 5.74) is 1.61. The molecule has 0 atom stereocenters. The topological polar surface area (TPSA) is 44.8 Å². The highest BCUT2D eigenvalue weighted by atomic mass is 35.5. The first kappa shape index (κ1) is 19.3. The number of carbonyl (C=O) groups excluding carboxylic acids is 1. The van der Waals surface area contributed by atoms with Crippen molar-refractivity contribution in [2.75, 3.05) is 45.7 Å². The smallest absolute Gasteiger partial charge is 0.255 e. The predicted octanol–water partition coefficient (Wildman–Crippen LogP) is 3.55. The van der Waals surface area contributed by atoms with Crippen molar-refractivity contribution in [2.45, 2.75) is 44.1 Å². The molecule has 1 aliphatic carbocycles. The first-order valence-electron chi connectivity index (χ1n) is 9.56. The van der Waals surface area contributed by atoms with E-state index in [1.807, 2.05) is 13.1 Å². The number of benzene rings is 1. The molecule has 5 nitrogen and oxygen atoms in total. The Labute approximate surface area is 161 Å². The maximum absolute atomic E-state index is 12.8. The van der Waals surface area contributed by atoms with Gasteiger partial charge in [0.15, 0.2) is 5.75 Å². The van der Waals surface area contributed by atoms with E-state index in [1.54, 1.807) is 6.07 Å². The van der Waals surface area contributed by atoms with Crippen LogP contribution in [0.15, 0.2) is 12.1 Å². The van der Waals surface area contributed by atoms with Gasteiger partial charge in [-0.25, -0.2) is 0 Å². The molecule has 0 aromatic heterocycles. The summed E-state index contributed by atoms with van der Waals surface area (Å²) in [6.07, 6.45) is 7.24. The van der Waals surface area contributed by atoms with Crippen molar-refractivity contribution in [3.63, 3.8) is 0 Å². The molecule has 26 heavy (non-hydrogen) atoms. The van der Waals surface area contributed by atoms with Gasteiger partial charge in [-0.1, -0.05) is 30.9 Å². The van der Waals surface area contributed by atoms with Gasteiger partial charge in [0, 0.05) is 24.2 Å². The molecule has 1 amide bonds. The molecule has 0 radical (unpaired) electrons. The number of anilines is 1. The van der Waals surface area contributed by atoms with Crippen molar-refractivity contribution in [1.29, 1.82) is 0 Å². The lowest BCUT2D eigenvalue weighted by atomic mass is 9.78. The Kier molecular flexibility index (Phi) is 5.98. The quantitative estimate of drug-likeness (QED) is 0.849. The van der Waals surface area contributed by atoms with Crippen LogP contribution in [0.5, 0.6) is 5.75 Å². The highest BCUT2D eigenvalue weighted by molar-refractivity contribution is 6.31. The van der Waals surface area contributed by atoms with Crippen molar-refractivity contribution in [3.8, 4) is 5.75 Å². The molecule has 0 unspecified atom stereocenters. The normalized spacial score (nSPS) is 19.0. The van der Waals surface area contributed by atoms with Crippen LogP contribution >= 0.6 is 11.6 Å². The van der Waals surface area contributed by atoms with Gasteiger partial charge in [0.25, 0.3) is 5.91 Å². The lowest BCUT2D eigenvalue weighted by molar-refractivity contribution is 0.0833. The minimum atomic E-state index is -0.108. The van der Waals surface area contributed by atoms with Gasteiger partial charge in [-0.15, -0.1) is 0 Å². The fraction of sp³-hybridized carbons (Fsp3) is 0.650. The number of likely N-dealkylation sites (N-methyl/N-ethyl adjacent to an activating group) is 1. The Bertz CT molecular complexity index is 657. The van der Waals surface area contributed by atoms with E-state index in [2.05, 4.69) is 29.2 Å². The van der Waals surface area contributed by atoms with Crippen LogP contribution in [0, 0.1) is 0 Å². The van der Waals surface area contributed by atoms with Crippen LogP contribution in [0.3, 0.4) is 0 Å². The second-order valence-electron chi connectivity index (χ2n) is 7.76. The third-order valence-corrected chi connectivity index (χ3v) is 6.19. The fourth-order valence-electron chi connectivity index (χ4n) is 4.22. The molecule has 3 rings (SSSR count). The number of hydrogen-bond donors (Lipinski definition) is 1. The van der Waals surface area contributed by atoms with Crippen molar-refractivity contribution in [3.05, 3.63) is 22.7 Å². The summed E-state index contributed by atoms with van der Waals surface area (Å²) in [6.45, 7) is 2.03. The number of nitrogens with zero attached hydrogens (tertiary/aromatic N) is 2. The van der Waals surface area contributed by atoms with E-state index >= 15 is 0 Å². The van der Waals surface area contributed by atoms with Crippen LogP contribution in [0.4, 0.5) is 5.69 Å². The standard InChI is InChI=1S/C20H30ClN3O2/c1-23(2)20(7-5-4-6-8-20)9-10-22-19(25)16-13-15(21)14-17-18(16)26-12-11-24(17)3/h13-14H,4-12H2,1-3H3,(H,22,25). The van der Waals surface area contributed by atoms with Gasteiger partial charge in [0.2, 0.25) is 0 Å². The Morgan fingerprint density at radius 2 is 2.04 bits per heavy atom. The fourth-order valence-corrected chi connectivity index (χ4v) is 4.44. The summed E-state index contributed by atoms with van der Waals surface area (Å²) < 4.78 is 5.79. The number of fused-ring (bicyclic) bond motifs is 1. The Morgan fingerprint density at radius 1 is 1.31 bits per heavy atom. The number of nitrogens with one attached hydrogen (secondary N) is 1. The molecule has 1 aliphatic heterocycles. The Balaban J connectivity index is 1.69. The molecule has 6 heteroatoms. The van der Waals surface area contributed by atoms with Crippen LogP contribution in [0.25, 0.3) is 0 Å². The van der Waals surface area contributed by atoms with Crippen LogP contribution in [0.2, 0.25) is 5.02 Å². The Hall–Kier alpha value is -1.46. The summed E-state index contributed by atoms with van der Waals surface area (Å²) in [5.74, 6) is 0.532. The molecule has 2 aliphatic rings. The van der Waals surface area contributed by atoms with Crippen molar-refractivity contribution >= 4 is 23.2 Å². The molecule has 0 spiro atoms. The molecular weight excluding hydrogens is 350 g/mol. The van der Waals surface area contributed by atoms with Gasteiger partial charge in [-0.2, -0.15) is 0 Å². The van der Waals surface area contributed by atoms with Gasteiger partial charge >= 0.3 is 0 Å². The molecule has 144 valence electrons. The summed E-state index contributed by atoms with van der Waals surface area (Å²) in [7, 11) is 6.30. The highest BCUT2D eigenvalue weighted by Crippen LogP contribution is 2.37. The molecule has 1 aromatic rings. The first-order chi connectivity index (χ1) is 12.4. The van der Waals surface area contributed by atoms with E-state index in [4.69, 9.17) is 16.3 Å². The zero-order valence-electron chi connectivity index (χ0n) is 16.1. The summed E-state index contributed by atoms with van der Waals surface area (Å²) in [5, 5.41) is 3.65. The molecule has 1 saturated carbocycles. The average Bonchev–Trinajstić information content (AvgIpc) is 2.62. The lowest BCUT2D eigenvalue weighted by Crippen LogP contribution is -2.48. The lowest BCUT2D eigenvalue weighted by Gasteiger charge is -2.43. The van der Waals surface area contributed by atoms with E-state index in [9.17, 15) is 4.79 Å².